The molecule has 0 radical (unpaired) electrons. The lowest BCUT2D eigenvalue weighted by Gasteiger charge is -2.06. The Hall–Kier alpha value is -1.22. The molecule has 0 fully saturated rings. The Labute approximate surface area is 70.2 Å². The van der Waals surface area contributed by atoms with Gasteiger partial charge in [-0.3, -0.25) is 4.79 Å². The third-order valence-corrected chi connectivity index (χ3v) is 1.67. The van der Waals surface area contributed by atoms with Gasteiger partial charge in [0.05, 0.1) is 6.04 Å². The van der Waals surface area contributed by atoms with Crippen molar-refractivity contribution in [1.29, 1.82) is 0 Å². The number of hydrogen-bond acceptors (Lipinski definition) is 2. The zero-order valence-corrected chi connectivity index (χ0v) is 6.75. The van der Waals surface area contributed by atoms with Gasteiger partial charge < -0.3 is 5.73 Å². The summed E-state index contributed by atoms with van der Waals surface area (Å²) >= 11 is 0. The Bertz CT molecular complexity index is 281. The van der Waals surface area contributed by atoms with Crippen molar-refractivity contribution >= 4 is 5.78 Å². The summed E-state index contributed by atoms with van der Waals surface area (Å²) in [4.78, 5) is 10.8. The number of ketones is 1. The number of carbonyl (C=O) groups is 1. The monoisotopic (exact) mass is 167 g/mol. The normalized spacial score (nSPS) is 12.6. The molecule has 0 unspecified atom stereocenters. The molecule has 2 N–H and O–H groups in total. The van der Waals surface area contributed by atoms with E-state index in [4.69, 9.17) is 5.73 Å². The highest BCUT2D eigenvalue weighted by Crippen LogP contribution is 2.11. The summed E-state index contributed by atoms with van der Waals surface area (Å²) in [6.45, 7) is 1.41. The molecule has 1 rings (SSSR count). The van der Waals surface area contributed by atoms with Crippen LogP contribution in [0.5, 0.6) is 0 Å². The van der Waals surface area contributed by atoms with Crippen molar-refractivity contribution in [2.45, 2.75) is 13.0 Å². The van der Waals surface area contributed by atoms with Crippen LogP contribution in [0.3, 0.4) is 0 Å². The number of Topliss-reactive ketones (excluding diaryl/α,β-unsaturated/α-hetero) is 1. The zero-order chi connectivity index (χ0) is 9.14. The van der Waals surface area contributed by atoms with Crippen LogP contribution in [0.1, 0.15) is 18.5 Å². The predicted octanol–water partition coefficient (Wildman–Crippen LogP) is 1.41. The first-order valence-electron chi connectivity index (χ1n) is 3.63. The molecule has 1 aromatic carbocycles. The lowest BCUT2D eigenvalue weighted by Crippen LogP contribution is -2.18. The molecular weight excluding hydrogens is 157 g/mol. The van der Waals surface area contributed by atoms with Crippen LogP contribution >= 0.6 is 0 Å². The van der Waals surface area contributed by atoms with E-state index in [0.717, 1.165) is 0 Å². The third-order valence-electron chi connectivity index (χ3n) is 1.67. The van der Waals surface area contributed by atoms with E-state index in [2.05, 4.69) is 0 Å². The van der Waals surface area contributed by atoms with E-state index in [9.17, 15) is 9.18 Å². The minimum absolute atomic E-state index is 0.124. The van der Waals surface area contributed by atoms with Crippen molar-refractivity contribution in [2.24, 2.45) is 5.73 Å². The largest absolute Gasteiger partial charge is 0.318 e. The molecule has 12 heavy (non-hydrogen) atoms. The molecular formula is C9H10FNO. The molecule has 2 nitrogen and oxygen atoms in total. The summed E-state index contributed by atoms with van der Waals surface area (Å²) in [7, 11) is 0. The Kier molecular flexibility index (Phi) is 2.55. The Morgan fingerprint density at radius 2 is 1.92 bits per heavy atom. The highest BCUT2D eigenvalue weighted by atomic mass is 19.1. The Morgan fingerprint density at radius 3 is 2.33 bits per heavy atom. The van der Waals surface area contributed by atoms with Crippen molar-refractivity contribution in [3.8, 4) is 0 Å². The van der Waals surface area contributed by atoms with Gasteiger partial charge in [0, 0.05) is 0 Å². The van der Waals surface area contributed by atoms with Crippen molar-refractivity contribution in [3.63, 3.8) is 0 Å². The van der Waals surface area contributed by atoms with Crippen LogP contribution in [0.2, 0.25) is 0 Å². The Morgan fingerprint density at radius 1 is 1.42 bits per heavy atom. The second-order valence-electron chi connectivity index (χ2n) is 2.64. The average molecular weight is 167 g/mol. The number of halogens is 1. The van der Waals surface area contributed by atoms with Crippen LogP contribution in [0, 0.1) is 5.82 Å². The second-order valence-corrected chi connectivity index (χ2v) is 2.64. The maximum atomic E-state index is 12.4. The van der Waals surface area contributed by atoms with Gasteiger partial charge in [0.2, 0.25) is 0 Å². The van der Waals surface area contributed by atoms with Gasteiger partial charge >= 0.3 is 0 Å². The fourth-order valence-corrected chi connectivity index (χ4v) is 0.905. The van der Waals surface area contributed by atoms with Gasteiger partial charge in [-0.05, 0) is 24.6 Å². The molecule has 1 aromatic rings. The van der Waals surface area contributed by atoms with Crippen molar-refractivity contribution in [1.82, 2.24) is 0 Å². The van der Waals surface area contributed by atoms with E-state index < -0.39 is 6.04 Å². The van der Waals surface area contributed by atoms with Gasteiger partial charge in [0.1, 0.15) is 5.82 Å². The summed E-state index contributed by atoms with van der Waals surface area (Å²) in [6.07, 6.45) is 0. The minimum atomic E-state index is -0.634. The lowest BCUT2D eigenvalue weighted by atomic mass is 10.1. The predicted molar refractivity (Wildman–Crippen MR) is 44.0 cm³/mol. The van der Waals surface area contributed by atoms with Gasteiger partial charge in [-0.15, -0.1) is 0 Å². The van der Waals surface area contributed by atoms with E-state index in [1.165, 1.54) is 31.2 Å². The molecule has 64 valence electrons. The standard InChI is InChI=1S/C9H10FNO/c1-6(12)9(11)7-2-4-8(10)5-3-7/h2-5,9H,11H2,1H3/t9-/m0/s1. The number of rotatable bonds is 2. The highest BCUT2D eigenvalue weighted by molar-refractivity contribution is 5.82. The SMILES string of the molecule is CC(=O)[C@H](N)c1ccc(F)cc1. The van der Waals surface area contributed by atoms with E-state index in [1.54, 1.807) is 0 Å². The molecule has 0 aliphatic heterocycles. The van der Waals surface area contributed by atoms with Crippen LogP contribution < -0.4 is 5.73 Å². The molecule has 0 bridgehead atoms. The van der Waals surface area contributed by atoms with Gasteiger partial charge in [-0.25, -0.2) is 4.39 Å². The Balaban J connectivity index is 2.89. The minimum Gasteiger partial charge on any atom is -0.318 e. The van der Waals surface area contributed by atoms with Crippen LogP contribution in [0.4, 0.5) is 4.39 Å². The number of nitrogens with two attached hydrogens (primary N) is 1. The molecule has 0 saturated heterocycles. The van der Waals surface area contributed by atoms with Gasteiger partial charge in [-0.2, -0.15) is 0 Å². The molecule has 0 aliphatic rings. The smallest absolute Gasteiger partial charge is 0.150 e. The maximum Gasteiger partial charge on any atom is 0.150 e. The molecule has 0 aliphatic carbocycles. The van der Waals surface area contributed by atoms with Crippen molar-refractivity contribution in [3.05, 3.63) is 35.6 Å². The first-order valence-corrected chi connectivity index (χ1v) is 3.63. The quantitative estimate of drug-likeness (QED) is 0.723. The van der Waals surface area contributed by atoms with E-state index in [1.807, 2.05) is 0 Å². The van der Waals surface area contributed by atoms with Crippen molar-refractivity contribution < 1.29 is 9.18 Å². The molecule has 0 saturated carbocycles. The molecule has 1 atom stereocenters. The average Bonchev–Trinajstić information content (AvgIpc) is 2.04. The number of hydrogen-bond donors (Lipinski definition) is 1. The van der Waals surface area contributed by atoms with E-state index in [-0.39, 0.29) is 11.6 Å². The van der Waals surface area contributed by atoms with Crippen LogP contribution in [-0.2, 0) is 4.79 Å². The van der Waals surface area contributed by atoms with Gasteiger partial charge in [-0.1, -0.05) is 12.1 Å². The fraction of sp³-hybridized carbons (Fsp3) is 0.222. The van der Waals surface area contributed by atoms with Crippen molar-refractivity contribution in [2.75, 3.05) is 0 Å². The first-order chi connectivity index (χ1) is 5.61. The summed E-state index contributed by atoms with van der Waals surface area (Å²) < 4.78 is 12.4. The number of carbonyl (C=O) groups excluding carboxylic acids is 1. The molecule has 0 spiro atoms. The summed E-state index contributed by atoms with van der Waals surface area (Å²) in [6, 6.07) is 4.98. The molecule has 0 aromatic heterocycles. The maximum absolute atomic E-state index is 12.4. The summed E-state index contributed by atoms with van der Waals surface area (Å²) in [5, 5.41) is 0. The zero-order valence-electron chi connectivity index (χ0n) is 6.75. The summed E-state index contributed by atoms with van der Waals surface area (Å²) in [5.74, 6) is -0.448. The molecule has 3 heteroatoms. The lowest BCUT2D eigenvalue weighted by molar-refractivity contribution is -0.118. The first kappa shape index (κ1) is 8.87. The third kappa shape index (κ3) is 1.89. The fourth-order valence-electron chi connectivity index (χ4n) is 0.905. The summed E-state index contributed by atoms with van der Waals surface area (Å²) in [5.41, 5.74) is 6.16. The second kappa shape index (κ2) is 3.45. The topological polar surface area (TPSA) is 43.1 Å². The van der Waals surface area contributed by atoms with E-state index in [0.29, 0.717) is 5.56 Å². The van der Waals surface area contributed by atoms with Gasteiger partial charge in [0.25, 0.3) is 0 Å². The number of benzene rings is 1. The van der Waals surface area contributed by atoms with E-state index >= 15 is 0 Å². The van der Waals surface area contributed by atoms with Crippen LogP contribution in [0.15, 0.2) is 24.3 Å². The highest BCUT2D eigenvalue weighted by Gasteiger charge is 2.09. The van der Waals surface area contributed by atoms with Gasteiger partial charge in [0.15, 0.2) is 5.78 Å². The van der Waals surface area contributed by atoms with Crippen LogP contribution in [0.25, 0.3) is 0 Å². The van der Waals surface area contributed by atoms with Crippen LogP contribution in [-0.4, -0.2) is 5.78 Å². The molecule has 0 heterocycles. The molecule has 0 amide bonds.